The molecule has 0 aliphatic rings. The van der Waals surface area contributed by atoms with E-state index in [2.05, 4.69) is 16.9 Å². The van der Waals surface area contributed by atoms with Crippen molar-refractivity contribution in [1.82, 2.24) is 14.7 Å². The SMILES string of the molecule is Cc1cc(C(=O)N(C)Cc2cc(C#CCN)cs2)n(C)n1. The molecule has 2 rings (SSSR count). The van der Waals surface area contributed by atoms with Crippen LogP contribution in [0.3, 0.4) is 0 Å². The Hall–Kier alpha value is -2.10. The third-order valence-electron chi connectivity index (χ3n) is 2.95. The van der Waals surface area contributed by atoms with Gasteiger partial charge in [0.2, 0.25) is 0 Å². The van der Waals surface area contributed by atoms with E-state index in [1.165, 1.54) is 0 Å². The van der Waals surface area contributed by atoms with E-state index in [4.69, 9.17) is 5.73 Å². The predicted molar refractivity (Wildman–Crippen MR) is 84.0 cm³/mol. The van der Waals surface area contributed by atoms with Crippen molar-refractivity contribution in [1.29, 1.82) is 0 Å². The van der Waals surface area contributed by atoms with E-state index in [-0.39, 0.29) is 5.91 Å². The molecule has 110 valence electrons. The van der Waals surface area contributed by atoms with E-state index in [1.54, 1.807) is 41.1 Å². The average molecular weight is 302 g/mol. The summed E-state index contributed by atoms with van der Waals surface area (Å²) in [6.45, 7) is 2.78. The zero-order valence-corrected chi connectivity index (χ0v) is 13.2. The molecule has 0 aliphatic heterocycles. The highest BCUT2D eigenvalue weighted by Gasteiger charge is 2.17. The van der Waals surface area contributed by atoms with Crippen LogP contribution in [0.25, 0.3) is 0 Å². The number of carbonyl (C=O) groups excluding carboxylic acids is 1. The van der Waals surface area contributed by atoms with Gasteiger partial charge in [-0.25, -0.2) is 0 Å². The number of carbonyl (C=O) groups is 1. The van der Waals surface area contributed by atoms with Crippen LogP contribution in [0.4, 0.5) is 0 Å². The molecule has 0 fully saturated rings. The first-order valence-electron chi connectivity index (χ1n) is 6.53. The first kappa shape index (κ1) is 15.3. The Balaban J connectivity index is 2.07. The number of amides is 1. The summed E-state index contributed by atoms with van der Waals surface area (Å²) in [6, 6.07) is 3.79. The summed E-state index contributed by atoms with van der Waals surface area (Å²) < 4.78 is 1.61. The maximum atomic E-state index is 12.4. The molecule has 0 spiro atoms. The van der Waals surface area contributed by atoms with Gasteiger partial charge in [0.05, 0.1) is 18.8 Å². The molecular weight excluding hydrogens is 284 g/mol. The van der Waals surface area contributed by atoms with Gasteiger partial charge in [0, 0.05) is 29.9 Å². The van der Waals surface area contributed by atoms with Crippen molar-refractivity contribution in [2.24, 2.45) is 12.8 Å². The van der Waals surface area contributed by atoms with Crippen molar-refractivity contribution in [2.75, 3.05) is 13.6 Å². The highest BCUT2D eigenvalue weighted by molar-refractivity contribution is 7.10. The second-order valence-corrected chi connectivity index (χ2v) is 5.76. The summed E-state index contributed by atoms with van der Waals surface area (Å²) in [4.78, 5) is 15.2. The largest absolute Gasteiger partial charge is 0.335 e. The monoisotopic (exact) mass is 302 g/mol. The number of nitrogens with two attached hydrogens (primary N) is 1. The Labute approximate surface area is 128 Å². The third-order valence-corrected chi connectivity index (χ3v) is 3.87. The van der Waals surface area contributed by atoms with Crippen molar-refractivity contribution >= 4 is 17.2 Å². The summed E-state index contributed by atoms with van der Waals surface area (Å²) in [5, 5.41) is 6.18. The molecule has 2 heterocycles. The molecule has 6 heteroatoms. The summed E-state index contributed by atoms with van der Waals surface area (Å²) >= 11 is 1.59. The fourth-order valence-electron chi connectivity index (χ4n) is 1.99. The minimum atomic E-state index is -0.0407. The van der Waals surface area contributed by atoms with Gasteiger partial charge in [0.25, 0.3) is 5.91 Å². The summed E-state index contributed by atoms with van der Waals surface area (Å²) in [6.07, 6.45) is 0. The minimum Gasteiger partial charge on any atom is -0.335 e. The molecule has 0 aromatic carbocycles. The van der Waals surface area contributed by atoms with Crippen LogP contribution in [0.2, 0.25) is 0 Å². The van der Waals surface area contributed by atoms with Gasteiger partial charge >= 0.3 is 0 Å². The number of rotatable bonds is 3. The van der Waals surface area contributed by atoms with Gasteiger partial charge in [-0.1, -0.05) is 11.8 Å². The van der Waals surface area contributed by atoms with Crippen LogP contribution in [0.5, 0.6) is 0 Å². The molecular formula is C15H18N4OS. The molecule has 0 atom stereocenters. The number of thiophene rings is 1. The normalized spacial score (nSPS) is 10.1. The van der Waals surface area contributed by atoms with E-state index in [1.807, 2.05) is 18.4 Å². The van der Waals surface area contributed by atoms with E-state index < -0.39 is 0 Å². The lowest BCUT2D eigenvalue weighted by molar-refractivity contribution is 0.0775. The van der Waals surface area contributed by atoms with Gasteiger partial charge in [0.1, 0.15) is 5.69 Å². The second kappa shape index (κ2) is 6.57. The molecule has 0 unspecified atom stereocenters. The molecule has 2 aromatic heterocycles. The van der Waals surface area contributed by atoms with E-state index in [0.29, 0.717) is 18.8 Å². The van der Waals surface area contributed by atoms with Gasteiger partial charge in [-0.05, 0) is 19.1 Å². The first-order chi connectivity index (χ1) is 10.0. The second-order valence-electron chi connectivity index (χ2n) is 4.76. The minimum absolute atomic E-state index is 0.0407. The van der Waals surface area contributed by atoms with Crippen molar-refractivity contribution in [3.05, 3.63) is 39.3 Å². The molecule has 2 aromatic rings. The van der Waals surface area contributed by atoms with Crippen LogP contribution in [0.15, 0.2) is 17.5 Å². The summed E-state index contributed by atoms with van der Waals surface area (Å²) in [7, 11) is 3.56. The van der Waals surface area contributed by atoms with E-state index >= 15 is 0 Å². The van der Waals surface area contributed by atoms with Crippen LogP contribution in [-0.2, 0) is 13.6 Å². The standard InChI is InChI=1S/C15H18N4OS/c1-11-7-14(19(3)17-11)15(20)18(2)9-13-8-12(10-21-13)5-4-6-16/h7-8,10H,6,9,16H2,1-3H3. The number of hydrogen-bond acceptors (Lipinski definition) is 4. The van der Waals surface area contributed by atoms with Crippen LogP contribution in [0, 0.1) is 18.8 Å². The molecule has 0 radical (unpaired) electrons. The average Bonchev–Trinajstić information content (AvgIpc) is 3.02. The molecule has 21 heavy (non-hydrogen) atoms. The molecule has 2 N–H and O–H groups in total. The highest BCUT2D eigenvalue weighted by Crippen LogP contribution is 2.17. The van der Waals surface area contributed by atoms with Gasteiger partial charge < -0.3 is 10.6 Å². The molecule has 5 nitrogen and oxygen atoms in total. The van der Waals surface area contributed by atoms with Gasteiger partial charge in [-0.15, -0.1) is 11.3 Å². The van der Waals surface area contributed by atoms with Crippen LogP contribution in [0.1, 0.15) is 26.6 Å². The number of nitrogens with zero attached hydrogens (tertiary/aromatic N) is 3. The van der Waals surface area contributed by atoms with Crippen LogP contribution < -0.4 is 5.73 Å². The Morgan fingerprint density at radius 1 is 1.52 bits per heavy atom. The quantitative estimate of drug-likeness (QED) is 0.871. The Morgan fingerprint density at radius 2 is 2.29 bits per heavy atom. The molecule has 0 aliphatic carbocycles. The van der Waals surface area contributed by atoms with E-state index in [0.717, 1.165) is 16.1 Å². The fourth-order valence-corrected chi connectivity index (χ4v) is 2.86. The Kier molecular flexibility index (Phi) is 4.78. The van der Waals surface area contributed by atoms with Crippen molar-refractivity contribution in [2.45, 2.75) is 13.5 Å². The van der Waals surface area contributed by atoms with Crippen molar-refractivity contribution in [3.8, 4) is 11.8 Å². The smallest absolute Gasteiger partial charge is 0.272 e. The van der Waals surface area contributed by atoms with E-state index in [9.17, 15) is 4.79 Å². The number of aromatic nitrogens is 2. The van der Waals surface area contributed by atoms with Crippen LogP contribution in [-0.4, -0.2) is 34.2 Å². The first-order valence-corrected chi connectivity index (χ1v) is 7.41. The number of hydrogen-bond donors (Lipinski definition) is 1. The topological polar surface area (TPSA) is 64.2 Å². The summed E-state index contributed by atoms with van der Waals surface area (Å²) in [5.41, 5.74) is 7.73. The van der Waals surface area contributed by atoms with Gasteiger partial charge in [-0.3, -0.25) is 9.48 Å². The van der Waals surface area contributed by atoms with Crippen LogP contribution >= 0.6 is 11.3 Å². The number of aryl methyl sites for hydroxylation is 2. The maximum Gasteiger partial charge on any atom is 0.272 e. The third kappa shape index (κ3) is 3.72. The molecule has 0 bridgehead atoms. The molecule has 1 amide bonds. The lowest BCUT2D eigenvalue weighted by Gasteiger charge is -2.15. The molecule has 0 saturated heterocycles. The maximum absolute atomic E-state index is 12.4. The highest BCUT2D eigenvalue weighted by atomic mass is 32.1. The van der Waals surface area contributed by atoms with Crippen molar-refractivity contribution < 1.29 is 4.79 Å². The lowest BCUT2D eigenvalue weighted by atomic mass is 10.3. The Morgan fingerprint density at radius 3 is 2.90 bits per heavy atom. The Bertz CT molecular complexity index is 705. The zero-order chi connectivity index (χ0) is 15.4. The zero-order valence-electron chi connectivity index (χ0n) is 12.4. The van der Waals surface area contributed by atoms with Gasteiger partial charge in [0.15, 0.2) is 0 Å². The fraction of sp³-hybridized carbons (Fsp3) is 0.333. The lowest BCUT2D eigenvalue weighted by Crippen LogP contribution is -2.27. The van der Waals surface area contributed by atoms with Crippen molar-refractivity contribution in [3.63, 3.8) is 0 Å². The molecule has 0 saturated carbocycles. The summed E-state index contributed by atoms with van der Waals surface area (Å²) in [5.74, 6) is 5.77. The van der Waals surface area contributed by atoms with Gasteiger partial charge in [-0.2, -0.15) is 5.10 Å². The predicted octanol–water partition coefficient (Wildman–Crippen LogP) is 1.37.